The summed E-state index contributed by atoms with van der Waals surface area (Å²) in [7, 11) is 0. The number of nitrogens with two attached hydrogens (primary N) is 1. The predicted molar refractivity (Wildman–Crippen MR) is 57.6 cm³/mol. The predicted octanol–water partition coefficient (Wildman–Crippen LogP) is 2.79. The van der Waals surface area contributed by atoms with Gasteiger partial charge in [0, 0.05) is 10.5 Å². The fourth-order valence-corrected chi connectivity index (χ4v) is 3.47. The zero-order valence-corrected chi connectivity index (χ0v) is 8.91. The Morgan fingerprint density at radius 1 is 1.42 bits per heavy atom. The van der Waals surface area contributed by atoms with Crippen molar-refractivity contribution in [3.63, 3.8) is 0 Å². The van der Waals surface area contributed by atoms with E-state index in [1.54, 1.807) is 0 Å². The molecule has 0 amide bonds. The lowest BCUT2D eigenvalue weighted by Gasteiger charge is -2.17. The number of rotatable bonds is 5. The molecule has 1 unspecified atom stereocenters. The minimum atomic E-state index is 0.832. The van der Waals surface area contributed by atoms with Crippen molar-refractivity contribution < 1.29 is 0 Å². The first-order chi connectivity index (χ1) is 5.86. The van der Waals surface area contributed by atoms with Crippen molar-refractivity contribution in [3.8, 4) is 0 Å². The summed E-state index contributed by atoms with van der Waals surface area (Å²) in [4.78, 5) is 0. The molecule has 0 aromatic heterocycles. The van der Waals surface area contributed by atoms with Crippen LogP contribution in [0.25, 0.3) is 0 Å². The van der Waals surface area contributed by atoms with Crippen LogP contribution in [0.2, 0.25) is 0 Å². The van der Waals surface area contributed by atoms with Gasteiger partial charge < -0.3 is 5.73 Å². The van der Waals surface area contributed by atoms with Crippen LogP contribution in [0.3, 0.4) is 0 Å². The molecule has 1 saturated carbocycles. The van der Waals surface area contributed by atoms with E-state index < -0.39 is 0 Å². The van der Waals surface area contributed by atoms with Crippen LogP contribution in [0, 0.1) is 0 Å². The Morgan fingerprint density at radius 3 is 2.58 bits per heavy atom. The van der Waals surface area contributed by atoms with Gasteiger partial charge in [-0.25, -0.2) is 0 Å². The highest BCUT2D eigenvalue weighted by Gasteiger charge is 2.18. The van der Waals surface area contributed by atoms with E-state index >= 15 is 0 Å². The van der Waals surface area contributed by atoms with Crippen molar-refractivity contribution in [1.82, 2.24) is 0 Å². The summed E-state index contributed by atoms with van der Waals surface area (Å²) in [6, 6.07) is 0. The van der Waals surface area contributed by atoms with Gasteiger partial charge in [0.05, 0.1) is 0 Å². The molecule has 0 heterocycles. The normalized spacial score (nSPS) is 21.5. The quantitative estimate of drug-likeness (QED) is 0.716. The zero-order chi connectivity index (χ0) is 8.81. The molecule has 72 valence electrons. The van der Waals surface area contributed by atoms with Crippen molar-refractivity contribution in [2.24, 2.45) is 5.73 Å². The molecule has 1 nitrogen and oxygen atoms in total. The molecule has 0 bridgehead atoms. The summed E-state index contributed by atoms with van der Waals surface area (Å²) in [5.41, 5.74) is 5.57. The summed E-state index contributed by atoms with van der Waals surface area (Å²) in [5.74, 6) is 0. The van der Waals surface area contributed by atoms with Gasteiger partial charge in [0.2, 0.25) is 0 Å². The Bertz CT molecular complexity index is 110. The van der Waals surface area contributed by atoms with Crippen LogP contribution in [0.5, 0.6) is 0 Å². The molecule has 0 aromatic rings. The molecule has 1 rings (SSSR count). The van der Waals surface area contributed by atoms with E-state index in [0.29, 0.717) is 0 Å². The molecule has 2 N–H and O–H groups in total. The Labute approximate surface area is 80.5 Å². The van der Waals surface area contributed by atoms with Gasteiger partial charge >= 0.3 is 0 Å². The van der Waals surface area contributed by atoms with Crippen LogP contribution in [0.1, 0.15) is 45.4 Å². The van der Waals surface area contributed by atoms with Crippen LogP contribution in [-0.2, 0) is 0 Å². The number of hydrogen-bond acceptors (Lipinski definition) is 2. The highest BCUT2D eigenvalue weighted by Crippen LogP contribution is 2.34. The van der Waals surface area contributed by atoms with Crippen molar-refractivity contribution in [1.29, 1.82) is 0 Å². The third-order valence-corrected chi connectivity index (χ3v) is 4.44. The van der Waals surface area contributed by atoms with Gasteiger partial charge in [-0.3, -0.25) is 0 Å². The molecule has 1 aliphatic rings. The molecule has 2 heteroatoms. The maximum atomic E-state index is 5.57. The third kappa shape index (κ3) is 3.36. The molecule has 12 heavy (non-hydrogen) atoms. The fraction of sp³-hybridized carbons (Fsp3) is 1.00. The lowest BCUT2D eigenvalue weighted by molar-refractivity contribution is 0.736. The van der Waals surface area contributed by atoms with Gasteiger partial charge in [0.1, 0.15) is 0 Å². The van der Waals surface area contributed by atoms with E-state index in [1.165, 1.54) is 38.5 Å². The van der Waals surface area contributed by atoms with Crippen molar-refractivity contribution in [2.45, 2.75) is 55.9 Å². The lowest BCUT2D eigenvalue weighted by Crippen LogP contribution is -2.13. The summed E-state index contributed by atoms with van der Waals surface area (Å²) in [6.07, 6.45) is 8.31. The van der Waals surface area contributed by atoms with Crippen molar-refractivity contribution >= 4 is 11.8 Å². The molecule has 0 saturated heterocycles. The first-order valence-electron chi connectivity index (χ1n) is 5.22. The first-order valence-corrected chi connectivity index (χ1v) is 6.16. The summed E-state index contributed by atoms with van der Waals surface area (Å²) in [6.45, 7) is 3.14. The summed E-state index contributed by atoms with van der Waals surface area (Å²) < 4.78 is 0. The zero-order valence-electron chi connectivity index (χ0n) is 8.09. The molecule has 0 spiro atoms. The van der Waals surface area contributed by atoms with E-state index in [9.17, 15) is 0 Å². The molecule has 0 aliphatic heterocycles. The van der Waals surface area contributed by atoms with Gasteiger partial charge in [-0.2, -0.15) is 11.8 Å². The Balaban J connectivity index is 2.16. The highest BCUT2D eigenvalue weighted by molar-refractivity contribution is 8.00. The summed E-state index contributed by atoms with van der Waals surface area (Å²) >= 11 is 2.20. The van der Waals surface area contributed by atoms with Crippen molar-refractivity contribution in [2.75, 3.05) is 6.54 Å². The van der Waals surface area contributed by atoms with Crippen LogP contribution in [0.15, 0.2) is 0 Å². The minimum Gasteiger partial charge on any atom is -0.330 e. The van der Waals surface area contributed by atoms with E-state index in [2.05, 4.69) is 18.7 Å². The molecular formula is C10H21NS. The monoisotopic (exact) mass is 187 g/mol. The van der Waals surface area contributed by atoms with Gasteiger partial charge in [-0.15, -0.1) is 0 Å². The van der Waals surface area contributed by atoms with Crippen LogP contribution < -0.4 is 5.73 Å². The van der Waals surface area contributed by atoms with Crippen LogP contribution in [-0.4, -0.2) is 17.0 Å². The molecule has 1 atom stereocenters. The lowest BCUT2D eigenvalue weighted by atomic mass is 10.2. The van der Waals surface area contributed by atoms with E-state index in [0.717, 1.165) is 17.0 Å². The van der Waals surface area contributed by atoms with E-state index in [-0.39, 0.29) is 0 Å². The van der Waals surface area contributed by atoms with Crippen molar-refractivity contribution in [3.05, 3.63) is 0 Å². The molecule has 0 radical (unpaired) electrons. The average molecular weight is 187 g/mol. The molecule has 1 fully saturated rings. The summed E-state index contributed by atoms with van der Waals surface area (Å²) in [5, 5.41) is 1.79. The second kappa shape index (κ2) is 5.87. The number of hydrogen-bond donors (Lipinski definition) is 1. The Kier molecular flexibility index (Phi) is 5.08. The van der Waals surface area contributed by atoms with E-state index in [4.69, 9.17) is 5.73 Å². The van der Waals surface area contributed by atoms with Gasteiger partial charge in [0.15, 0.2) is 0 Å². The molecule has 0 aromatic carbocycles. The Hall–Kier alpha value is 0.310. The van der Waals surface area contributed by atoms with Gasteiger partial charge in [0.25, 0.3) is 0 Å². The van der Waals surface area contributed by atoms with Crippen LogP contribution >= 0.6 is 11.8 Å². The second-order valence-electron chi connectivity index (χ2n) is 3.65. The third-order valence-electron chi connectivity index (χ3n) is 2.63. The first kappa shape index (κ1) is 10.4. The fourth-order valence-electron chi connectivity index (χ4n) is 1.85. The average Bonchev–Trinajstić information content (AvgIpc) is 2.56. The standard InChI is InChI=1S/C10H21NS/c1-2-9(7-8-11)12-10-5-3-4-6-10/h9-10H,2-8,11H2,1H3. The van der Waals surface area contributed by atoms with Gasteiger partial charge in [-0.05, 0) is 32.2 Å². The Morgan fingerprint density at radius 2 is 2.08 bits per heavy atom. The second-order valence-corrected chi connectivity index (χ2v) is 5.26. The molecule has 1 aliphatic carbocycles. The largest absolute Gasteiger partial charge is 0.330 e. The topological polar surface area (TPSA) is 26.0 Å². The number of thioether (sulfide) groups is 1. The van der Waals surface area contributed by atoms with Gasteiger partial charge in [-0.1, -0.05) is 19.8 Å². The minimum absolute atomic E-state index is 0.832. The SMILES string of the molecule is CCC(CCN)SC1CCCC1. The maximum absolute atomic E-state index is 5.57. The van der Waals surface area contributed by atoms with Crippen LogP contribution in [0.4, 0.5) is 0 Å². The smallest absolute Gasteiger partial charge is 0.00592 e. The molecular weight excluding hydrogens is 166 g/mol. The van der Waals surface area contributed by atoms with E-state index in [1.807, 2.05) is 0 Å². The highest BCUT2D eigenvalue weighted by atomic mass is 32.2. The maximum Gasteiger partial charge on any atom is 0.00592 e.